The van der Waals surface area contributed by atoms with E-state index in [1.165, 1.54) is 33.0 Å². The summed E-state index contributed by atoms with van der Waals surface area (Å²) in [5, 5.41) is 4.28. The molecular formula is C39H26N2O2S. The Bertz CT molecular complexity index is 2710. The monoisotopic (exact) mass is 586 g/mol. The van der Waals surface area contributed by atoms with Crippen molar-refractivity contribution in [2.75, 3.05) is 0 Å². The van der Waals surface area contributed by atoms with E-state index in [0.717, 1.165) is 44.1 Å². The summed E-state index contributed by atoms with van der Waals surface area (Å²) in [6, 6.07) is 41.8. The molecule has 2 aliphatic rings. The summed E-state index contributed by atoms with van der Waals surface area (Å²) < 4.78 is 32.0. The maximum atomic E-state index is 14.0. The lowest BCUT2D eigenvalue weighted by Crippen LogP contribution is -2.17. The lowest BCUT2D eigenvalue weighted by atomic mass is 9.82. The van der Waals surface area contributed by atoms with Gasteiger partial charge in [-0.3, -0.25) is 0 Å². The van der Waals surface area contributed by atoms with E-state index < -0.39 is 10.0 Å². The first kappa shape index (κ1) is 24.3. The van der Waals surface area contributed by atoms with Gasteiger partial charge in [0.05, 0.1) is 27.0 Å². The Labute approximate surface area is 254 Å². The van der Waals surface area contributed by atoms with Gasteiger partial charge in [-0.2, -0.15) is 0 Å². The van der Waals surface area contributed by atoms with Crippen LogP contribution in [0.2, 0.25) is 0 Å². The summed E-state index contributed by atoms with van der Waals surface area (Å²) in [5.41, 5.74) is 11.6. The molecule has 0 saturated heterocycles. The molecule has 0 amide bonds. The second kappa shape index (κ2) is 7.87. The van der Waals surface area contributed by atoms with E-state index in [-0.39, 0.29) is 5.41 Å². The molecule has 0 unspecified atom stereocenters. The van der Waals surface area contributed by atoms with Crippen molar-refractivity contribution in [2.24, 2.45) is 0 Å². The Kier molecular flexibility index (Phi) is 4.35. The van der Waals surface area contributed by atoms with E-state index in [1.54, 1.807) is 16.1 Å². The van der Waals surface area contributed by atoms with Crippen molar-refractivity contribution in [1.82, 2.24) is 8.54 Å². The molecular weight excluding hydrogens is 561 g/mol. The van der Waals surface area contributed by atoms with Crippen LogP contribution in [0.5, 0.6) is 0 Å². The Morgan fingerprint density at radius 1 is 0.523 bits per heavy atom. The van der Waals surface area contributed by atoms with Crippen LogP contribution in [0.3, 0.4) is 0 Å². The predicted octanol–water partition coefficient (Wildman–Crippen LogP) is 9.42. The van der Waals surface area contributed by atoms with Crippen molar-refractivity contribution < 1.29 is 8.42 Å². The van der Waals surface area contributed by atoms with Crippen LogP contribution in [-0.4, -0.2) is 17.0 Å². The highest BCUT2D eigenvalue weighted by molar-refractivity contribution is 7.90. The molecule has 0 N–H and O–H groups in total. The fourth-order valence-corrected chi connectivity index (χ4v) is 9.84. The van der Waals surface area contributed by atoms with Crippen LogP contribution < -0.4 is 0 Å². The molecule has 0 spiro atoms. The Balaban J connectivity index is 1.38. The predicted molar refractivity (Wildman–Crippen MR) is 179 cm³/mol. The first-order valence-electron chi connectivity index (χ1n) is 15.0. The van der Waals surface area contributed by atoms with Gasteiger partial charge in [0.25, 0.3) is 10.0 Å². The van der Waals surface area contributed by atoms with Gasteiger partial charge in [0.2, 0.25) is 0 Å². The van der Waals surface area contributed by atoms with Crippen molar-refractivity contribution in [3.8, 4) is 27.9 Å². The fourth-order valence-electron chi connectivity index (χ4n) is 8.08. The molecule has 0 radical (unpaired) electrons. The lowest BCUT2D eigenvalue weighted by Gasteiger charge is -2.22. The third-order valence-corrected chi connectivity index (χ3v) is 11.8. The normalized spacial score (nSPS) is 15.6. The number of para-hydroxylation sites is 2. The van der Waals surface area contributed by atoms with Crippen molar-refractivity contribution in [3.05, 3.63) is 132 Å². The second-order valence-electron chi connectivity index (χ2n) is 12.6. The quantitative estimate of drug-likeness (QED) is 0.192. The molecule has 3 heterocycles. The SMILES string of the molecule is CC1(C)c2ccccc2-c2cc3c4ccccc4n(-c4cc5c6c(c4)c4ccccc4n6S(=O)(=O)c4ccccc4-5)c3cc21. The highest BCUT2D eigenvalue weighted by Crippen LogP contribution is 2.52. The van der Waals surface area contributed by atoms with Crippen molar-refractivity contribution in [3.63, 3.8) is 0 Å². The van der Waals surface area contributed by atoms with Crippen LogP contribution >= 0.6 is 0 Å². The average molecular weight is 587 g/mol. The zero-order valence-electron chi connectivity index (χ0n) is 24.2. The molecule has 0 bridgehead atoms. The molecule has 2 aromatic heterocycles. The van der Waals surface area contributed by atoms with Gasteiger partial charge < -0.3 is 4.57 Å². The number of aromatic nitrogens is 2. The van der Waals surface area contributed by atoms with Crippen LogP contribution in [0, 0.1) is 0 Å². The molecule has 6 aromatic carbocycles. The molecule has 0 saturated carbocycles. The number of hydrogen-bond acceptors (Lipinski definition) is 2. The first-order chi connectivity index (χ1) is 21.4. The summed E-state index contributed by atoms with van der Waals surface area (Å²) in [5.74, 6) is 0. The maximum absolute atomic E-state index is 14.0. The van der Waals surface area contributed by atoms with Gasteiger partial charge in [-0.1, -0.05) is 92.7 Å². The fraction of sp³-hybridized carbons (Fsp3) is 0.0769. The van der Waals surface area contributed by atoms with Crippen LogP contribution in [0.25, 0.3) is 71.6 Å². The number of hydrogen-bond donors (Lipinski definition) is 0. The number of rotatable bonds is 1. The third kappa shape index (κ3) is 2.77. The Morgan fingerprint density at radius 3 is 2.00 bits per heavy atom. The Hall–Kier alpha value is -5.13. The van der Waals surface area contributed by atoms with Gasteiger partial charge >= 0.3 is 0 Å². The van der Waals surface area contributed by atoms with Gasteiger partial charge in [0.15, 0.2) is 0 Å². The van der Waals surface area contributed by atoms with Crippen molar-refractivity contribution >= 4 is 53.6 Å². The van der Waals surface area contributed by atoms with Gasteiger partial charge in [-0.15, -0.1) is 0 Å². The summed E-state index contributed by atoms with van der Waals surface area (Å²) in [6.45, 7) is 4.64. The molecule has 10 rings (SSSR count). The molecule has 1 aliphatic heterocycles. The molecule has 0 fully saturated rings. The highest BCUT2D eigenvalue weighted by atomic mass is 32.2. The average Bonchev–Trinajstić information content (AvgIpc) is 3.63. The molecule has 4 nitrogen and oxygen atoms in total. The van der Waals surface area contributed by atoms with E-state index in [0.29, 0.717) is 10.4 Å². The van der Waals surface area contributed by atoms with E-state index in [1.807, 2.05) is 36.4 Å². The van der Waals surface area contributed by atoms with Gasteiger partial charge in [0.1, 0.15) is 0 Å². The van der Waals surface area contributed by atoms with Crippen molar-refractivity contribution in [2.45, 2.75) is 24.2 Å². The van der Waals surface area contributed by atoms with Crippen LogP contribution in [0.4, 0.5) is 0 Å². The smallest absolute Gasteiger partial charge is 0.269 e. The lowest BCUT2D eigenvalue weighted by molar-refractivity contribution is 0.590. The standard InChI is InChI=1S/C39H26N2O2S/c1-39(2)32-15-7-3-11-24(32)28-21-29-25-12-4-8-16-34(25)40(36(29)22-33(28)39)23-19-30-26-13-5-9-17-35(26)41-38(30)31(20-23)27-14-6-10-18-37(27)44(41,42)43/h3-22H,1-2H3. The van der Waals surface area contributed by atoms with Crippen molar-refractivity contribution in [1.29, 1.82) is 0 Å². The zero-order chi connectivity index (χ0) is 29.5. The topological polar surface area (TPSA) is 44.0 Å². The van der Waals surface area contributed by atoms with Gasteiger partial charge in [-0.25, -0.2) is 12.4 Å². The molecule has 1 aliphatic carbocycles. The first-order valence-corrected chi connectivity index (χ1v) is 16.4. The minimum atomic E-state index is -3.76. The molecule has 210 valence electrons. The second-order valence-corrected chi connectivity index (χ2v) is 14.4. The van der Waals surface area contributed by atoms with Gasteiger partial charge in [0, 0.05) is 43.8 Å². The number of benzene rings is 6. The molecule has 8 aromatic rings. The minimum absolute atomic E-state index is 0.127. The van der Waals surface area contributed by atoms with E-state index in [2.05, 4.69) is 91.2 Å². The third-order valence-electron chi connectivity index (χ3n) is 10.0. The summed E-state index contributed by atoms with van der Waals surface area (Å²) >= 11 is 0. The summed E-state index contributed by atoms with van der Waals surface area (Å²) in [6.07, 6.45) is 0. The number of nitrogens with zero attached hydrogens (tertiary/aromatic N) is 2. The van der Waals surface area contributed by atoms with Gasteiger partial charge in [-0.05, 0) is 64.7 Å². The minimum Gasteiger partial charge on any atom is -0.309 e. The summed E-state index contributed by atoms with van der Waals surface area (Å²) in [4.78, 5) is 0.340. The van der Waals surface area contributed by atoms with E-state index >= 15 is 0 Å². The largest absolute Gasteiger partial charge is 0.309 e. The molecule has 5 heteroatoms. The van der Waals surface area contributed by atoms with E-state index in [9.17, 15) is 8.42 Å². The highest BCUT2D eigenvalue weighted by Gasteiger charge is 2.37. The summed E-state index contributed by atoms with van der Waals surface area (Å²) in [7, 11) is -3.76. The number of fused-ring (bicyclic) bond motifs is 11. The Morgan fingerprint density at radius 2 is 1.18 bits per heavy atom. The van der Waals surface area contributed by atoms with Crippen LogP contribution in [0.1, 0.15) is 25.0 Å². The van der Waals surface area contributed by atoms with Crippen LogP contribution in [-0.2, 0) is 15.4 Å². The van der Waals surface area contributed by atoms with Crippen LogP contribution in [0.15, 0.2) is 126 Å². The molecule has 44 heavy (non-hydrogen) atoms. The molecule has 0 atom stereocenters. The maximum Gasteiger partial charge on any atom is 0.269 e. The zero-order valence-corrected chi connectivity index (χ0v) is 25.0. The van der Waals surface area contributed by atoms with E-state index in [4.69, 9.17) is 0 Å².